The van der Waals surface area contributed by atoms with Crippen molar-refractivity contribution in [2.24, 2.45) is 0 Å². The molecule has 1 aliphatic heterocycles. The Morgan fingerprint density at radius 2 is 1.92 bits per heavy atom. The maximum absolute atomic E-state index is 12.1. The number of ether oxygens (including phenoxy) is 1. The molecule has 0 radical (unpaired) electrons. The van der Waals surface area contributed by atoms with Gasteiger partial charge in [-0.05, 0) is 46.5 Å². The van der Waals surface area contributed by atoms with Crippen LogP contribution in [0.1, 0.15) is 58.1 Å². The predicted molar refractivity (Wildman–Crippen MR) is 86.9 cm³/mol. The van der Waals surface area contributed by atoms with Gasteiger partial charge in [-0.25, -0.2) is 4.79 Å². The van der Waals surface area contributed by atoms with Gasteiger partial charge in [0.25, 0.3) is 0 Å². The Kier molecular flexibility index (Phi) is 4.05. The molecule has 0 aromatic carbocycles. The van der Waals surface area contributed by atoms with Crippen LogP contribution in [0, 0.1) is 0 Å². The number of aliphatic carboxylic acids is 1. The van der Waals surface area contributed by atoms with Crippen LogP contribution < -0.4 is 0 Å². The van der Waals surface area contributed by atoms with Gasteiger partial charge in [-0.3, -0.25) is 9.48 Å². The van der Waals surface area contributed by atoms with Crippen LogP contribution in [-0.2, 0) is 14.9 Å². The number of carbonyl (C=O) groups excluding carboxylic acids is 1. The second-order valence-electron chi connectivity index (χ2n) is 7.79. The molecule has 0 unspecified atom stereocenters. The first-order valence-electron chi connectivity index (χ1n) is 8.47. The van der Waals surface area contributed by atoms with Crippen LogP contribution in [0.4, 0.5) is 4.79 Å². The Morgan fingerprint density at radius 3 is 2.42 bits per heavy atom. The average molecular weight is 335 g/mol. The van der Waals surface area contributed by atoms with Crippen LogP contribution in [0.25, 0.3) is 0 Å². The van der Waals surface area contributed by atoms with Gasteiger partial charge >= 0.3 is 12.1 Å². The molecule has 1 saturated carbocycles. The Hall–Kier alpha value is -2.05. The van der Waals surface area contributed by atoms with Gasteiger partial charge in [0, 0.05) is 24.8 Å². The number of likely N-dealkylation sites (tertiary alicyclic amines) is 1. The van der Waals surface area contributed by atoms with E-state index in [0.717, 1.165) is 18.4 Å². The molecule has 7 heteroatoms. The first-order chi connectivity index (χ1) is 11.2. The van der Waals surface area contributed by atoms with Crippen LogP contribution >= 0.6 is 0 Å². The quantitative estimate of drug-likeness (QED) is 0.917. The first-order valence-corrected chi connectivity index (χ1v) is 8.47. The van der Waals surface area contributed by atoms with Gasteiger partial charge in [0.15, 0.2) is 0 Å². The first kappa shape index (κ1) is 16.8. The number of nitrogens with zero attached hydrogens (tertiary/aromatic N) is 3. The number of carbonyl (C=O) groups is 2. The molecule has 0 atom stereocenters. The third kappa shape index (κ3) is 3.25. The number of piperidine rings is 1. The van der Waals surface area contributed by atoms with Crippen molar-refractivity contribution < 1.29 is 19.4 Å². The average Bonchev–Trinajstić information content (AvgIpc) is 3.17. The molecule has 3 rings (SSSR count). The molecule has 2 fully saturated rings. The van der Waals surface area contributed by atoms with Crippen LogP contribution in [0.5, 0.6) is 0 Å². The second kappa shape index (κ2) is 5.79. The van der Waals surface area contributed by atoms with Gasteiger partial charge in [0.1, 0.15) is 5.60 Å². The number of carboxylic acids is 1. The summed E-state index contributed by atoms with van der Waals surface area (Å²) in [6, 6.07) is 0.196. The van der Waals surface area contributed by atoms with Crippen molar-refractivity contribution in [1.82, 2.24) is 14.7 Å². The summed E-state index contributed by atoms with van der Waals surface area (Å²) in [7, 11) is 0. The number of rotatable bonds is 3. The molecule has 1 aromatic heterocycles. The molecule has 1 aromatic rings. The van der Waals surface area contributed by atoms with Crippen molar-refractivity contribution >= 4 is 12.1 Å². The van der Waals surface area contributed by atoms with Crippen molar-refractivity contribution in [2.45, 2.75) is 63.5 Å². The third-order valence-electron chi connectivity index (χ3n) is 4.80. The maximum Gasteiger partial charge on any atom is 0.410 e. The van der Waals surface area contributed by atoms with E-state index in [1.165, 1.54) is 0 Å². The summed E-state index contributed by atoms with van der Waals surface area (Å²) in [5, 5.41) is 13.7. The number of hydrogen-bond donors (Lipinski definition) is 1. The van der Waals surface area contributed by atoms with Crippen LogP contribution in [0.2, 0.25) is 0 Å². The monoisotopic (exact) mass is 335 g/mol. The zero-order valence-corrected chi connectivity index (χ0v) is 14.5. The lowest BCUT2D eigenvalue weighted by atomic mass is 10.00. The Balaban J connectivity index is 1.59. The largest absolute Gasteiger partial charge is 0.481 e. The maximum atomic E-state index is 12.1. The fourth-order valence-electron chi connectivity index (χ4n) is 3.18. The van der Waals surface area contributed by atoms with E-state index in [9.17, 15) is 14.7 Å². The lowest BCUT2D eigenvalue weighted by Gasteiger charge is -2.33. The minimum absolute atomic E-state index is 0.196. The molecule has 1 amide bonds. The van der Waals surface area contributed by atoms with Gasteiger partial charge in [-0.1, -0.05) is 0 Å². The number of aromatic nitrogens is 2. The van der Waals surface area contributed by atoms with E-state index in [4.69, 9.17) is 4.74 Å². The SMILES string of the molecule is CC(C)(C)OC(=O)N1CCC(n2cc(C3(C(=O)O)CC3)cn2)CC1. The lowest BCUT2D eigenvalue weighted by Crippen LogP contribution is -2.42. The summed E-state index contributed by atoms with van der Waals surface area (Å²) >= 11 is 0. The topological polar surface area (TPSA) is 84.7 Å². The van der Waals surface area contributed by atoms with E-state index in [1.54, 1.807) is 11.1 Å². The van der Waals surface area contributed by atoms with Crippen molar-refractivity contribution in [3.05, 3.63) is 18.0 Å². The van der Waals surface area contributed by atoms with Crippen molar-refractivity contribution in [3.63, 3.8) is 0 Å². The van der Waals surface area contributed by atoms with Gasteiger partial charge in [-0.15, -0.1) is 0 Å². The van der Waals surface area contributed by atoms with Gasteiger partial charge < -0.3 is 14.7 Å². The van der Waals surface area contributed by atoms with E-state index >= 15 is 0 Å². The molecule has 1 aliphatic carbocycles. The Bertz CT molecular complexity index is 635. The van der Waals surface area contributed by atoms with E-state index in [-0.39, 0.29) is 12.1 Å². The number of carboxylic acid groups (broad SMARTS) is 1. The van der Waals surface area contributed by atoms with Crippen molar-refractivity contribution in [2.75, 3.05) is 13.1 Å². The van der Waals surface area contributed by atoms with E-state index in [0.29, 0.717) is 25.9 Å². The summed E-state index contributed by atoms with van der Waals surface area (Å²) in [5.41, 5.74) is -0.403. The Morgan fingerprint density at radius 1 is 1.29 bits per heavy atom. The minimum Gasteiger partial charge on any atom is -0.481 e. The van der Waals surface area contributed by atoms with Crippen molar-refractivity contribution in [1.29, 1.82) is 0 Å². The summed E-state index contributed by atoms with van der Waals surface area (Å²) in [4.78, 5) is 25.2. The Labute approximate surface area is 141 Å². The zero-order chi connectivity index (χ0) is 17.5. The molecule has 2 aliphatic rings. The molecule has 7 nitrogen and oxygen atoms in total. The number of hydrogen-bond acceptors (Lipinski definition) is 4. The highest BCUT2D eigenvalue weighted by Gasteiger charge is 2.52. The highest BCUT2D eigenvalue weighted by Crippen LogP contribution is 2.48. The zero-order valence-electron chi connectivity index (χ0n) is 14.5. The van der Waals surface area contributed by atoms with Gasteiger partial charge in [0.2, 0.25) is 0 Å². The van der Waals surface area contributed by atoms with E-state index in [2.05, 4.69) is 5.10 Å². The third-order valence-corrected chi connectivity index (χ3v) is 4.80. The summed E-state index contributed by atoms with van der Waals surface area (Å²) in [5.74, 6) is -0.762. The molecule has 0 spiro atoms. The summed E-state index contributed by atoms with van der Waals surface area (Å²) in [6.07, 6.45) is 6.23. The summed E-state index contributed by atoms with van der Waals surface area (Å²) < 4.78 is 7.27. The molecule has 1 saturated heterocycles. The molecule has 1 N–H and O–H groups in total. The number of amides is 1. The molecular weight excluding hydrogens is 310 g/mol. The standard InChI is InChI=1S/C17H25N3O4/c1-16(2,3)24-15(23)19-8-4-13(5-9-19)20-11-12(10-18-20)17(6-7-17)14(21)22/h10-11,13H,4-9H2,1-3H3,(H,21,22). The molecule has 132 valence electrons. The molecule has 2 heterocycles. The minimum atomic E-state index is -0.762. The molecule has 0 bridgehead atoms. The predicted octanol–water partition coefficient (Wildman–Crippen LogP) is 2.57. The summed E-state index contributed by atoms with van der Waals surface area (Å²) in [6.45, 7) is 6.83. The van der Waals surface area contributed by atoms with E-state index in [1.807, 2.05) is 31.6 Å². The van der Waals surface area contributed by atoms with Gasteiger partial charge in [-0.2, -0.15) is 5.10 Å². The fraction of sp³-hybridized carbons (Fsp3) is 0.706. The van der Waals surface area contributed by atoms with Crippen molar-refractivity contribution in [3.8, 4) is 0 Å². The van der Waals surface area contributed by atoms with Crippen LogP contribution in [-0.4, -0.2) is 50.5 Å². The normalized spacial score (nSPS) is 20.7. The second-order valence-corrected chi connectivity index (χ2v) is 7.79. The van der Waals surface area contributed by atoms with Gasteiger partial charge in [0.05, 0.1) is 17.7 Å². The highest BCUT2D eigenvalue weighted by atomic mass is 16.6. The molecular formula is C17H25N3O4. The fourth-order valence-corrected chi connectivity index (χ4v) is 3.18. The van der Waals surface area contributed by atoms with Crippen LogP contribution in [0.15, 0.2) is 12.4 Å². The lowest BCUT2D eigenvalue weighted by molar-refractivity contribution is -0.140. The highest BCUT2D eigenvalue weighted by molar-refractivity contribution is 5.84. The van der Waals surface area contributed by atoms with E-state index < -0.39 is 17.0 Å². The molecule has 24 heavy (non-hydrogen) atoms. The van der Waals surface area contributed by atoms with Crippen LogP contribution in [0.3, 0.4) is 0 Å². The smallest absolute Gasteiger partial charge is 0.410 e.